The van der Waals surface area contributed by atoms with E-state index in [9.17, 15) is 0 Å². The van der Waals surface area contributed by atoms with Crippen LogP contribution in [0.5, 0.6) is 0 Å². The van der Waals surface area contributed by atoms with Crippen LogP contribution in [0.15, 0.2) is 27.8 Å². The number of nitrogens with zero attached hydrogens (tertiary/aromatic N) is 2. The maximum atomic E-state index is 8.93. The van der Waals surface area contributed by atoms with E-state index in [4.69, 9.17) is 15.4 Å². The Hall–Kier alpha value is -1.67. The third kappa shape index (κ3) is 3.65. The van der Waals surface area contributed by atoms with Crippen molar-refractivity contribution >= 4 is 28.5 Å². The maximum absolute atomic E-state index is 8.93. The highest BCUT2D eigenvalue weighted by Gasteiger charge is 2.16. The number of hydrogen-bond donors (Lipinski definition) is 1. The molecule has 0 saturated heterocycles. The molecule has 0 bridgehead atoms. The van der Waals surface area contributed by atoms with Gasteiger partial charge in [-0.2, -0.15) is 5.26 Å². The van der Waals surface area contributed by atoms with Gasteiger partial charge in [-0.25, -0.2) is 4.98 Å². The standard InChI is InChI=1S/C14H17N3OS/c1-14(2,9-15)6-3-7-19-13-17-11-5-4-10(16)8-12(11)18-13/h4-5,8H,3,6-7,16H2,1-2H3. The molecule has 2 rings (SSSR count). The molecule has 0 spiro atoms. The molecule has 0 aliphatic heterocycles. The van der Waals surface area contributed by atoms with Crippen molar-refractivity contribution in [1.82, 2.24) is 4.98 Å². The molecule has 2 N–H and O–H groups in total. The second-order valence-electron chi connectivity index (χ2n) is 5.15. The van der Waals surface area contributed by atoms with E-state index in [1.807, 2.05) is 26.0 Å². The molecule has 1 aromatic carbocycles. The van der Waals surface area contributed by atoms with Gasteiger partial charge in [-0.15, -0.1) is 0 Å². The van der Waals surface area contributed by atoms with Crippen molar-refractivity contribution in [2.24, 2.45) is 5.41 Å². The van der Waals surface area contributed by atoms with Gasteiger partial charge in [0.1, 0.15) is 5.52 Å². The Morgan fingerprint density at radius 1 is 1.47 bits per heavy atom. The summed E-state index contributed by atoms with van der Waals surface area (Å²) < 4.78 is 5.61. The summed E-state index contributed by atoms with van der Waals surface area (Å²) in [6, 6.07) is 7.76. The third-order valence-electron chi connectivity index (χ3n) is 2.87. The van der Waals surface area contributed by atoms with E-state index >= 15 is 0 Å². The number of benzene rings is 1. The van der Waals surface area contributed by atoms with Crippen LogP contribution in [0.3, 0.4) is 0 Å². The van der Waals surface area contributed by atoms with Crippen molar-refractivity contribution < 1.29 is 4.42 Å². The van der Waals surface area contributed by atoms with E-state index in [-0.39, 0.29) is 5.41 Å². The fourth-order valence-electron chi connectivity index (χ4n) is 1.71. The minimum atomic E-state index is -0.254. The Balaban J connectivity index is 1.90. The van der Waals surface area contributed by atoms with Crippen molar-refractivity contribution in [3.63, 3.8) is 0 Å². The lowest BCUT2D eigenvalue weighted by molar-refractivity contribution is 0.446. The summed E-state index contributed by atoms with van der Waals surface area (Å²) in [6.07, 6.45) is 1.84. The van der Waals surface area contributed by atoms with Crippen LogP contribution < -0.4 is 5.73 Å². The van der Waals surface area contributed by atoms with Crippen LogP contribution in [-0.2, 0) is 0 Å². The third-order valence-corrected chi connectivity index (χ3v) is 3.78. The lowest BCUT2D eigenvalue weighted by Crippen LogP contribution is -2.07. The van der Waals surface area contributed by atoms with Gasteiger partial charge in [-0.05, 0) is 38.8 Å². The number of nitrogen functional groups attached to an aromatic ring is 1. The van der Waals surface area contributed by atoms with E-state index in [2.05, 4.69) is 11.1 Å². The van der Waals surface area contributed by atoms with Gasteiger partial charge in [-0.3, -0.25) is 0 Å². The van der Waals surface area contributed by atoms with Crippen LogP contribution in [0.2, 0.25) is 0 Å². The lowest BCUT2D eigenvalue weighted by atomic mass is 9.90. The van der Waals surface area contributed by atoms with Gasteiger partial charge in [0.15, 0.2) is 5.58 Å². The van der Waals surface area contributed by atoms with Gasteiger partial charge in [0.2, 0.25) is 0 Å². The van der Waals surface area contributed by atoms with Gasteiger partial charge >= 0.3 is 0 Å². The predicted molar refractivity (Wildman–Crippen MR) is 77.8 cm³/mol. The fraction of sp³-hybridized carbons (Fsp3) is 0.429. The molecule has 5 heteroatoms. The molecular weight excluding hydrogens is 258 g/mol. The van der Waals surface area contributed by atoms with Crippen molar-refractivity contribution in [1.29, 1.82) is 5.26 Å². The summed E-state index contributed by atoms with van der Waals surface area (Å²) in [5.74, 6) is 0.896. The van der Waals surface area contributed by atoms with Gasteiger partial charge in [-0.1, -0.05) is 11.8 Å². The average Bonchev–Trinajstić information content (AvgIpc) is 2.76. The highest BCUT2D eigenvalue weighted by Crippen LogP contribution is 2.27. The number of nitriles is 1. The second kappa shape index (κ2) is 5.54. The molecule has 0 aliphatic carbocycles. The molecule has 100 valence electrons. The minimum absolute atomic E-state index is 0.254. The van der Waals surface area contributed by atoms with Crippen LogP contribution >= 0.6 is 11.8 Å². The SMILES string of the molecule is CC(C)(C#N)CCCSc1nc2ccc(N)cc2o1. The van der Waals surface area contributed by atoms with E-state index < -0.39 is 0 Å². The summed E-state index contributed by atoms with van der Waals surface area (Å²) in [5, 5.41) is 9.59. The van der Waals surface area contributed by atoms with Crippen molar-refractivity contribution in [3.05, 3.63) is 18.2 Å². The summed E-state index contributed by atoms with van der Waals surface area (Å²) in [4.78, 5) is 4.38. The number of oxazole rings is 1. The normalized spacial score (nSPS) is 11.6. The van der Waals surface area contributed by atoms with E-state index in [0.717, 1.165) is 29.7 Å². The smallest absolute Gasteiger partial charge is 0.256 e. The van der Waals surface area contributed by atoms with Gasteiger partial charge in [0.05, 0.1) is 11.5 Å². The van der Waals surface area contributed by atoms with Crippen molar-refractivity contribution in [2.75, 3.05) is 11.5 Å². The molecule has 0 radical (unpaired) electrons. The zero-order valence-corrected chi connectivity index (χ0v) is 12.0. The molecule has 4 nitrogen and oxygen atoms in total. The number of thioether (sulfide) groups is 1. The molecule has 0 aliphatic rings. The van der Waals surface area contributed by atoms with Gasteiger partial charge < -0.3 is 10.2 Å². The summed E-state index contributed by atoms with van der Waals surface area (Å²) in [6.45, 7) is 3.92. The molecule has 1 aromatic heterocycles. The number of aromatic nitrogens is 1. The zero-order chi connectivity index (χ0) is 13.9. The first-order valence-corrected chi connectivity index (χ1v) is 7.19. The highest BCUT2D eigenvalue weighted by molar-refractivity contribution is 7.99. The first-order valence-electron chi connectivity index (χ1n) is 6.20. The Morgan fingerprint density at radius 3 is 3.00 bits per heavy atom. The number of fused-ring (bicyclic) bond motifs is 1. The Labute approximate surface area is 117 Å². The Bertz CT molecular complexity index is 613. The molecule has 0 atom stereocenters. The fourth-order valence-corrected chi connectivity index (χ4v) is 2.49. The molecule has 2 aromatic rings. The topological polar surface area (TPSA) is 75.8 Å². The van der Waals surface area contributed by atoms with Crippen LogP contribution in [0, 0.1) is 16.7 Å². The van der Waals surface area contributed by atoms with Crippen LogP contribution in [0.4, 0.5) is 5.69 Å². The predicted octanol–water partition coefficient (Wildman–Crippen LogP) is 3.83. The Kier molecular flexibility index (Phi) is 4.01. The number of rotatable bonds is 5. The Morgan fingerprint density at radius 2 is 2.26 bits per heavy atom. The van der Waals surface area contributed by atoms with Crippen LogP contribution in [0.1, 0.15) is 26.7 Å². The average molecular weight is 275 g/mol. The summed E-state index contributed by atoms with van der Waals surface area (Å²) in [7, 11) is 0. The maximum Gasteiger partial charge on any atom is 0.256 e. The van der Waals surface area contributed by atoms with E-state index in [0.29, 0.717) is 10.9 Å². The number of anilines is 1. The van der Waals surface area contributed by atoms with Crippen LogP contribution in [0.25, 0.3) is 11.1 Å². The lowest BCUT2D eigenvalue weighted by Gasteiger charge is -2.13. The molecule has 0 unspecified atom stereocenters. The molecule has 0 fully saturated rings. The number of hydrogen-bond acceptors (Lipinski definition) is 5. The zero-order valence-electron chi connectivity index (χ0n) is 11.1. The van der Waals surface area contributed by atoms with Crippen LogP contribution in [-0.4, -0.2) is 10.7 Å². The molecule has 0 saturated carbocycles. The summed E-state index contributed by atoms with van der Waals surface area (Å²) >= 11 is 1.58. The molecule has 1 heterocycles. The molecule has 19 heavy (non-hydrogen) atoms. The highest BCUT2D eigenvalue weighted by atomic mass is 32.2. The molecule has 0 amide bonds. The van der Waals surface area contributed by atoms with E-state index in [1.54, 1.807) is 17.8 Å². The number of nitrogens with two attached hydrogens (primary N) is 1. The van der Waals surface area contributed by atoms with Gasteiger partial charge in [0, 0.05) is 17.5 Å². The van der Waals surface area contributed by atoms with Crippen molar-refractivity contribution in [2.45, 2.75) is 31.9 Å². The van der Waals surface area contributed by atoms with E-state index in [1.165, 1.54) is 0 Å². The first-order chi connectivity index (χ1) is 9.00. The molecular formula is C14H17N3OS. The minimum Gasteiger partial charge on any atom is -0.431 e. The quantitative estimate of drug-likeness (QED) is 0.510. The largest absolute Gasteiger partial charge is 0.431 e. The second-order valence-corrected chi connectivity index (χ2v) is 6.20. The van der Waals surface area contributed by atoms with Crippen molar-refractivity contribution in [3.8, 4) is 6.07 Å². The summed E-state index contributed by atoms with van der Waals surface area (Å²) in [5.41, 5.74) is 7.67. The van der Waals surface area contributed by atoms with Gasteiger partial charge in [0.25, 0.3) is 5.22 Å². The monoisotopic (exact) mass is 275 g/mol. The first kappa shape index (κ1) is 13.8.